The van der Waals surface area contributed by atoms with Crippen LogP contribution in [-0.2, 0) is 14.8 Å². The molecule has 1 amide bonds. The number of hydrogen-bond donors (Lipinski definition) is 1. The van der Waals surface area contributed by atoms with Crippen molar-refractivity contribution in [3.8, 4) is 11.5 Å². The first-order valence-corrected chi connectivity index (χ1v) is 11.3. The Bertz CT molecular complexity index is 945. The molecule has 0 spiro atoms. The van der Waals surface area contributed by atoms with Crippen molar-refractivity contribution in [2.75, 3.05) is 26.3 Å². The number of sulfonamides is 1. The molecule has 2 heterocycles. The average molecular weight is 420 g/mol. The summed E-state index contributed by atoms with van der Waals surface area (Å²) in [6.45, 7) is 1.47. The molecule has 0 bridgehead atoms. The second kappa shape index (κ2) is 8.60. The SMILES string of the molecule is O=C(NC1CCCCC1)c1nnc(-c2ccc(S(=O)(=O)N3CCOCC3)cc2)o1. The van der Waals surface area contributed by atoms with Gasteiger partial charge in [0.25, 0.3) is 0 Å². The van der Waals surface area contributed by atoms with Crippen LogP contribution in [0.5, 0.6) is 0 Å². The van der Waals surface area contributed by atoms with Gasteiger partial charge in [-0.15, -0.1) is 10.2 Å². The summed E-state index contributed by atoms with van der Waals surface area (Å²) in [7, 11) is -3.56. The van der Waals surface area contributed by atoms with Gasteiger partial charge in [-0.2, -0.15) is 4.31 Å². The fraction of sp³-hybridized carbons (Fsp3) is 0.526. The van der Waals surface area contributed by atoms with Crippen LogP contribution in [0.1, 0.15) is 42.8 Å². The van der Waals surface area contributed by atoms with Crippen LogP contribution >= 0.6 is 0 Å². The van der Waals surface area contributed by atoms with Gasteiger partial charge in [0.2, 0.25) is 15.9 Å². The molecule has 10 heteroatoms. The zero-order chi connectivity index (χ0) is 20.3. The first kappa shape index (κ1) is 20.0. The number of ether oxygens (including phenoxy) is 1. The predicted octanol–water partition coefficient (Wildman–Crippen LogP) is 1.82. The molecule has 1 aliphatic heterocycles. The zero-order valence-electron chi connectivity index (χ0n) is 16.0. The van der Waals surface area contributed by atoms with Gasteiger partial charge in [0.15, 0.2) is 0 Å². The van der Waals surface area contributed by atoms with E-state index < -0.39 is 10.0 Å². The van der Waals surface area contributed by atoms with E-state index in [1.807, 2.05) is 0 Å². The summed E-state index contributed by atoms with van der Waals surface area (Å²) in [6, 6.07) is 6.36. The van der Waals surface area contributed by atoms with E-state index >= 15 is 0 Å². The predicted molar refractivity (Wildman–Crippen MR) is 104 cm³/mol. The van der Waals surface area contributed by atoms with Crippen LogP contribution in [0.3, 0.4) is 0 Å². The number of carbonyl (C=O) groups is 1. The number of nitrogens with one attached hydrogen (secondary N) is 1. The average Bonchev–Trinajstić information content (AvgIpc) is 3.26. The summed E-state index contributed by atoms with van der Waals surface area (Å²) >= 11 is 0. The first-order valence-electron chi connectivity index (χ1n) is 9.87. The lowest BCUT2D eigenvalue weighted by Crippen LogP contribution is -2.40. The van der Waals surface area contributed by atoms with E-state index in [0.717, 1.165) is 25.7 Å². The Kier molecular flexibility index (Phi) is 5.93. The van der Waals surface area contributed by atoms with Gasteiger partial charge >= 0.3 is 11.8 Å². The van der Waals surface area contributed by atoms with Crippen molar-refractivity contribution < 1.29 is 22.4 Å². The van der Waals surface area contributed by atoms with E-state index in [2.05, 4.69) is 15.5 Å². The summed E-state index contributed by atoms with van der Waals surface area (Å²) < 4.78 is 37.5. The van der Waals surface area contributed by atoms with Crippen molar-refractivity contribution in [3.05, 3.63) is 30.2 Å². The molecule has 1 saturated heterocycles. The van der Waals surface area contributed by atoms with Crippen molar-refractivity contribution in [1.29, 1.82) is 0 Å². The van der Waals surface area contributed by atoms with Crippen molar-refractivity contribution in [3.63, 3.8) is 0 Å². The van der Waals surface area contributed by atoms with Crippen molar-refractivity contribution >= 4 is 15.9 Å². The normalized spacial score (nSPS) is 19.2. The van der Waals surface area contributed by atoms with Gasteiger partial charge in [-0.05, 0) is 37.1 Å². The Balaban J connectivity index is 1.45. The maximum absolute atomic E-state index is 12.7. The van der Waals surface area contributed by atoms with Crippen LogP contribution in [0.2, 0.25) is 0 Å². The molecule has 2 fully saturated rings. The highest BCUT2D eigenvalue weighted by molar-refractivity contribution is 7.89. The molecular formula is C19H24N4O5S. The van der Waals surface area contributed by atoms with Crippen LogP contribution in [0.25, 0.3) is 11.5 Å². The molecule has 1 aromatic heterocycles. The molecule has 0 radical (unpaired) electrons. The fourth-order valence-electron chi connectivity index (χ4n) is 3.63. The third-order valence-electron chi connectivity index (χ3n) is 5.27. The number of aromatic nitrogens is 2. The monoisotopic (exact) mass is 420 g/mol. The van der Waals surface area contributed by atoms with Crippen LogP contribution in [0.15, 0.2) is 33.6 Å². The number of carbonyl (C=O) groups excluding carboxylic acids is 1. The number of nitrogens with zero attached hydrogens (tertiary/aromatic N) is 3. The van der Waals surface area contributed by atoms with Crippen molar-refractivity contribution in [1.82, 2.24) is 19.8 Å². The van der Waals surface area contributed by atoms with Gasteiger partial charge < -0.3 is 14.5 Å². The summed E-state index contributed by atoms with van der Waals surface area (Å²) in [6.07, 6.45) is 5.35. The molecule has 1 N–H and O–H groups in total. The number of hydrogen-bond acceptors (Lipinski definition) is 7. The molecule has 1 saturated carbocycles. The highest BCUT2D eigenvalue weighted by Crippen LogP contribution is 2.23. The maximum atomic E-state index is 12.7. The van der Waals surface area contributed by atoms with Gasteiger partial charge in [0.05, 0.1) is 18.1 Å². The minimum atomic E-state index is -3.56. The number of rotatable bonds is 5. The number of amides is 1. The molecule has 29 heavy (non-hydrogen) atoms. The second-order valence-electron chi connectivity index (χ2n) is 7.26. The molecule has 156 valence electrons. The van der Waals surface area contributed by atoms with Gasteiger partial charge in [-0.1, -0.05) is 19.3 Å². The molecule has 9 nitrogen and oxygen atoms in total. The standard InChI is InChI=1S/C19H24N4O5S/c24-17(20-15-4-2-1-3-5-15)19-22-21-18(28-19)14-6-8-16(9-7-14)29(25,26)23-10-12-27-13-11-23/h6-9,15H,1-5,10-13H2,(H,20,24). The lowest BCUT2D eigenvalue weighted by molar-refractivity contribution is 0.0730. The van der Waals surface area contributed by atoms with Gasteiger partial charge in [-0.25, -0.2) is 8.42 Å². The molecule has 0 atom stereocenters. The second-order valence-corrected chi connectivity index (χ2v) is 9.20. The van der Waals surface area contributed by atoms with Crippen LogP contribution < -0.4 is 5.32 Å². The van der Waals surface area contributed by atoms with Crippen molar-refractivity contribution in [2.24, 2.45) is 0 Å². The molecule has 0 unspecified atom stereocenters. The van der Waals surface area contributed by atoms with E-state index in [1.165, 1.54) is 22.9 Å². The largest absolute Gasteiger partial charge is 0.412 e. The highest BCUT2D eigenvalue weighted by Gasteiger charge is 2.26. The fourth-order valence-corrected chi connectivity index (χ4v) is 5.04. The van der Waals surface area contributed by atoms with E-state index in [-0.39, 0.29) is 28.6 Å². The van der Waals surface area contributed by atoms with E-state index in [9.17, 15) is 13.2 Å². The lowest BCUT2D eigenvalue weighted by Gasteiger charge is -2.26. The third-order valence-corrected chi connectivity index (χ3v) is 7.18. The van der Waals surface area contributed by atoms with Crippen molar-refractivity contribution in [2.45, 2.75) is 43.0 Å². The summed E-state index contributed by atoms with van der Waals surface area (Å²) in [5.74, 6) is -0.285. The minimum Gasteiger partial charge on any atom is -0.412 e. The summed E-state index contributed by atoms with van der Waals surface area (Å²) in [5, 5.41) is 10.7. The lowest BCUT2D eigenvalue weighted by atomic mass is 9.95. The number of benzene rings is 1. The van der Waals surface area contributed by atoms with Crippen LogP contribution in [-0.4, -0.2) is 61.2 Å². The third kappa shape index (κ3) is 4.49. The molecule has 1 aliphatic carbocycles. The molecular weight excluding hydrogens is 396 g/mol. The topological polar surface area (TPSA) is 115 Å². The highest BCUT2D eigenvalue weighted by atomic mass is 32.2. The van der Waals surface area contributed by atoms with Gasteiger partial charge in [0, 0.05) is 24.7 Å². The van der Waals surface area contributed by atoms with E-state index in [4.69, 9.17) is 9.15 Å². The van der Waals surface area contributed by atoms with E-state index in [1.54, 1.807) is 12.1 Å². The molecule has 2 aromatic rings. The molecule has 4 rings (SSSR count). The Hall–Kier alpha value is -2.30. The van der Waals surface area contributed by atoms with E-state index in [0.29, 0.717) is 31.9 Å². The van der Waals surface area contributed by atoms with Crippen LogP contribution in [0.4, 0.5) is 0 Å². The Morgan fingerprint density at radius 1 is 1.03 bits per heavy atom. The Morgan fingerprint density at radius 3 is 2.41 bits per heavy atom. The summed E-state index contributed by atoms with van der Waals surface area (Å²) in [5.41, 5.74) is 0.551. The first-order chi connectivity index (χ1) is 14.0. The van der Waals surface area contributed by atoms with Gasteiger partial charge in [-0.3, -0.25) is 4.79 Å². The quantitative estimate of drug-likeness (QED) is 0.784. The summed E-state index contributed by atoms with van der Waals surface area (Å²) in [4.78, 5) is 12.5. The zero-order valence-corrected chi connectivity index (χ0v) is 16.9. The minimum absolute atomic E-state index is 0.0874. The smallest absolute Gasteiger partial charge is 0.309 e. The Labute approximate surface area is 169 Å². The Morgan fingerprint density at radius 2 is 1.72 bits per heavy atom. The molecule has 1 aromatic carbocycles. The molecule has 2 aliphatic rings. The van der Waals surface area contributed by atoms with Gasteiger partial charge in [0.1, 0.15) is 0 Å². The van der Waals surface area contributed by atoms with Crippen LogP contribution in [0, 0.1) is 0 Å². The number of morpholine rings is 1. The maximum Gasteiger partial charge on any atom is 0.309 e.